The molecule has 0 atom stereocenters. The number of hydrogen-bond acceptors (Lipinski definition) is 3. The monoisotopic (exact) mass is 382 g/mol. The average Bonchev–Trinajstić information content (AvgIpc) is 2.66. The van der Waals surface area contributed by atoms with Gasteiger partial charge in [-0.2, -0.15) is 0 Å². The van der Waals surface area contributed by atoms with Crippen molar-refractivity contribution in [3.63, 3.8) is 0 Å². The second kappa shape index (κ2) is 11.0. The zero-order valence-corrected chi connectivity index (χ0v) is 16.9. The van der Waals surface area contributed by atoms with Crippen LogP contribution >= 0.6 is 0 Å². The Kier molecular flexibility index (Phi) is 8.34. The summed E-state index contributed by atoms with van der Waals surface area (Å²) in [7, 11) is 2.04. The predicted octanol–water partition coefficient (Wildman–Crippen LogP) is 4.32. The van der Waals surface area contributed by atoms with Gasteiger partial charge in [0.05, 0.1) is 0 Å². The molecular weight excluding hydrogens is 352 g/mol. The molecule has 2 aromatic carbocycles. The number of nitrogens with one attached hydrogen (secondary N) is 3. The van der Waals surface area contributed by atoms with Crippen molar-refractivity contribution in [2.45, 2.75) is 26.7 Å². The van der Waals surface area contributed by atoms with E-state index in [-0.39, 0.29) is 11.9 Å². The fraction of sp³-hybridized carbons (Fsp3) is 0.364. The predicted molar refractivity (Wildman–Crippen MR) is 116 cm³/mol. The molecule has 0 saturated carbocycles. The molecule has 3 N–H and O–H groups in total. The second-order valence-electron chi connectivity index (χ2n) is 7.22. The number of benzene rings is 2. The highest BCUT2D eigenvalue weighted by molar-refractivity contribution is 5.92. The summed E-state index contributed by atoms with van der Waals surface area (Å²) in [6.07, 6.45) is 1.33. The van der Waals surface area contributed by atoms with Crippen LogP contribution in [0, 0.1) is 5.92 Å². The van der Waals surface area contributed by atoms with Gasteiger partial charge in [0.15, 0.2) is 0 Å². The van der Waals surface area contributed by atoms with Gasteiger partial charge in [-0.15, -0.1) is 0 Å². The number of rotatable bonds is 9. The fourth-order valence-corrected chi connectivity index (χ4v) is 2.72. The SMILES string of the molecule is CC(C)CC(=O)Nc1ccc(NC(=O)NCCCN(C)c2ccccc2)cc1. The smallest absolute Gasteiger partial charge is 0.319 e. The Morgan fingerprint density at radius 3 is 2.14 bits per heavy atom. The number of hydrogen-bond donors (Lipinski definition) is 3. The molecule has 0 radical (unpaired) electrons. The molecule has 28 heavy (non-hydrogen) atoms. The van der Waals surface area contributed by atoms with Gasteiger partial charge in [-0.1, -0.05) is 32.0 Å². The Morgan fingerprint density at radius 2 is 1.54 bits per heavy atom. The molecule has 2 rings (SSSR count). The van der Waals surface area contributed by atoms with Crippen LogP contribution in [0.15, 0.2) is 54.6 Å². The van der Waals surface area contributed by atoms with Crippen molar-refractivity contribution in [2.24, 2.45) is 5.92 Å². The second-order valence-corrected chi connectivity index (χ2v) is 7.22. The van der Waals surface area contributed by atoms with Gasteiger partial charge in [0, 0.05) is 43.6 Å². The lowest BCUT2D eigenvalue weighted by atomic mass is 10.1. The van der Waals surface area contributed by atoms with E-state index < -0.39 is 0 Å². The van der Waals surface area contributed by atoms with E-state index in [1.54, 1.807) is 24.3 Å². The van der Waals surface area contributed by atoms with Gasteiger partial charge in [-0.05, 0) is 48.7 Å². The van der Waals surface area contributed by atoms with Crippen LogP contribution in [-0.2, 0) is 4.79 Å². The Hall–Kier alpha value is -3.02. The number of carbonyl (C=O) groups is 2. The molecule has 0 fully saturated rings. The molecule has 0 heterocycles. The highest BCUT2D eigenvalue weighted by Crippen LogP contribution is 2.14. The summed E-state index contributed by atoms with van der Waals surface area (Å²) in [6.45, 7) is 5.46. The summed E-state index contributed by atoms with van der Waals surface area (Å²) in [5.74, 6) is 0.311. The van der Waals surface area contributed by atoms with Gasteiger partial charge >= 0.3 is 6.03 Å². The lowest BCUT2D eigenvalue weighted by Crippen LogP contribution is -2.31. The van der Waals surface area contributed by atoms with Gasteiger partial charge in [-0.3, -0.25) is 4.79 Å². The molecule has 0 unspecified atom stereocenters. The summed E-state index contributed by atoms with van der Waals surface area (Å²) in [4.78, 5) is 25.9. The molecule has 3 amide bonds. The number of anilines is 3. The van der Waals surface area contributed by atoms with E-state index in [0.29, 0.717) is 24.6 Å². The van der Waals surface area contributed by atoms with Gasteiger partial charge in [0.25, 0.3) is 0 Å². The summed E-state index contributed by atoms with van der Waals surface area (Å²) in [6, 6.07) is 17.0. The minimum absolute atomic E-state index is 0.00563. The van der Waals surface area contributed by atoms with Crippen LogP contribution in [0.2, 0.25) is 0 Å². The molecule has 0 spiro atoms. The third-order valence-corrected chi connectivity index (χ3v) is 4.17. The van der Waals surface area contributed by atoms with Crippen molar-refractivity contribution in [3.05, 3.63) is 54.6 Å². The standard InChI is InChI=1S/C22H30N4O2/c1-17(2)16-21(27)24-18-10-12-19(13-11-18)25-22(28)23-14-7-15-26(3)20-8-5-4-6-9-20/h4-6,8-13,17H,7,14-16H2,1-3H3,(H,24,27)(H2,23,25,28). The van der Waals surface area contributed by atoms with E-state index >= 15 is 0 Å². The maximum Gasteiger partial charge on any atom is 0.319 e. The van der Waals surface area contributed by atoms with Crippen molar-refractivity contribution >= 4 is 29.0 Å². The fourth-order valence-electron chi connectivity index (χ4n) is 2.72. The van der Waals surface area contributed by atoms with Gasteiger partial charge in [0.1, 0.15) is 0 Å². The molecule has 6 heteroatoms. The van der Waals surface area contributed by atoms with E-state index in [9.17, 15) is 9.59 Å². The maximum absolute atomic E-state index is 12.0. The van der Waals surface area contributed by atoms with Crippen LogP contribution in [0.5, 0.6) is 0 Å². The third-order valence-electron chi connectivity index (χ3n) is 4.17. The number of urea groups is 1. The Labute approximate surface area is 167 Å². The quantitative estimate of drug-likeness (QED) is 0.566. The first-order chi connectivity index (χ1) is 13.4. The first-order valence-electron chi connectivity index (χ1n) is 9.65. The minimum Gasteiger partial charge on any atom is -0.375 e. The van der Waals surface area contributed by atoms with Crippen LogP contribution in [0.1, 0.15) is 26.7 Å². The van der Waals surface area contributed by atoms with Gasteiger partial charge in [-0.25, -0.2) is 4.79 Å². The van der Waals surface area contributed by atoms with Crippen LogP contribution in [0.4, 0.5) is 21.9 Å². The zero-order chi connectivity index (χ0) is 20.4. The molecule has 0 aromatic heterocycles. The molecule has 0 aliphatic rings. The van der Waals surface area contributed by atoms with Crippen molar-refractivity contribution in [2.75, 3.05) is 35.7 Å². The molecular formula is C22H30N4O2. The highest BCUT2D eigenvalue weighted by Gasteiger charge is 2.06. The minimum atomic E-state index is -0.237. The Morgan fingerprint density at radius 1 is 0.929 bits per heavy atom. The largest absolute Gasteiger partial charge is 0.375 e. The maximum atomic E-state index is 12.0. The van der Waals surface area contributed by atoms with Crippen molar-refractivity contribution in [1.29, 1.82) is 0 Å². The molecule has 2 aromatic rings. The van der Waals surface area contributed by atoms with Crippen LogP contribution in [0.25, 0.3) is 0 Å². The molecule has 0 aliphatic carbocycles. The molecule has 150 valence electrons. The topological polar surface area (TPSA) is 73.5 Å². The molecule has 0 saturated heterocycles. The summed E-state index contributed by atoms with van der Waals surface area (Å²) >= 11 is 0. The first kappa shape index (κ1) is 21.3. The normalized spacial score (nSPS) is 10.4. The molecule has 6 nitrogen and oxygen atoms in total. The summed E-state index contributed by atoms with van der Waals surface area (Å²) < 4.78 is 0. The third kappa shape index (κ3) is 7.70. The van der Waals surface area contributed by atoms with Crippen LogP contribution < -0.4 is 20.9 Å². The van der Waals surface area contributed by atoms with E-state index in [1.165, 1.54) is 0 Å². The zero-order valence-electron chi connectivity index (χ0n) is 16.9. The highest BCUT2D eigenvalue weighted by atomic mass is 16.2. The van der Waals surface area contributed by atoms with Crippen LogP contribution in [0.3, 0.4) is 0 Å². The van der Waals surface area contributed by atoms with E-state index in [2.05, 4.69) is 33.0 Å². The molecule has 0 aliphatic heterocycles. The lowest BCUT2D eigenvalue weighted by molar-refractivity contribution is -0.116. The number of carbonyl (C=O) groups excluding carboxylic acids is 2. The Balaban J connectivity index is 1.68. The van der Waals surface area contributed by atoms with Gasteiger partial charge in [0.2, 0.25) is 5.91 Å². The Bertz CT molecular complexity index is 745. The number of amides is 3. The van der Waals surface area contributed by atoms with Crippen LogP contribution in [-0.4, -0.2) is 32.1 Å². The van der Waals surface area contributed by atoms with Crippen molar-refractivity contribution in [1.82, 2.24) is 5.32 Å². The summed E-state index contributed by atoms with van der Waals surface area (Å²) in [5, 5.41) is 8.51. The number of nitrogens with zero attached hydrogens (tertiary/aromatic N) is 1. The average molecular weight is 383 g/mol. The van der Waals surface area contributed by atoms with E-state index in [4.69, 9.17) is 0 Å². The lowest BCUT2D eigenvalue weighted by Gasteiger charge is -2.19. The summed E-state index contributed by atoms with van der Waals surface area (Å²) in [5.41, 5.74) is 2.56. The number of para-hydroxylation sites is 1. The first-order valence-corrected chi connectivity index (χ1v) is 9.65. The van der Waals surface area contributed by atoms with Gasteiger partial charge < -0.3 is 20.9 Å². The van der Waals surface area contributed by atoms with E-state index in [1.807, 2.05) is 39.1 Å². The van der Waals surface area contributed by atoms with E-state index in [0.717, 1.165) is 24.3 Å². The van der Waals surface area contributed by atoms with Crippen molar-refractivity contribution in [3.8, 4) is 0 Å². The van der Waals surface area contributed by atoms with Crippen molar-refractivity contribution < 1.29 is 9.59 Å². The molecule has 0 bridgehead atoms.